The fourth-order valence-electron chi connectivity index (χ4n) is 1.55. The van der Waals surface area contributed by atoms with Crippen LogP contribution >= 0.6 is 0 Å². The first kappa shape index (κ1) is 13.1. The van der Waals surface area contributed by atoms with Crippen molar-refractivity contribution in [3.63, 3.8) is 0 Å². The number of aromatic nitrogens is 1. The molecule has 2 unspecified atom stereocenters. The first-order valence-corrected chi connectivity index (χ1v) is 5.67. The summed E-state index contributed by atoms with van der Waals surface area (Å²) in [7, 11) is 0. The molecule has 0 aromatic carbocycles. The van der Waals surface area contributed by atoms with E-state index in [0.29, 0.717) is 11.5 Å². The molecule has 0 aliphatic carbocycles. The van der Waals surface area contributed by atoms with Gasteiger partial charge in [-0.1, -0.05) is 27.7 Å². The van der Waals surface area contributed by atoms with Crippen molar-refractivity contribution in [2.75, 3.05) is 0 Å². The van der Waals surface area contributed by atoms with Crippen LogP contribution < -0.4 is 5.73 Å². The van der Waals surface area contributed by atoms with Gasteiger partial charge in [-0.3, -0.25) is 4.98 Å². The van der Waals surface area contributed by atoms with E-state index in [1.165, 1.54) is 6.20 Å². The highest BCUT2D eigenvalue weighted by Crippen LogP contribution is 2.32. The van der Waals surface area contributed by atoms with Gasteiger partial charge in [0.15, 0.2) is 0 Å². The molecule has 0 saturated heterocycles. The molecule has 1 aromatic heterocycles. The van der Waals surface area contributed by atoms with Gasteiger partial charge in [-0.2, -0.15) is 0 Å². The van der Waals surface area contributed by atoms with Crippen LogP contribution in [0.5, 0.6) is 0 Å². The molecule has 0 aliphatic rings. The third-order valence-corrected chi connectivity index (χ3v) is 3.29. The van der Waals surface area contributed by atoms with E-state index in [2.05, 4.69) is 32.7 Å². The predicted molar refractivity (Wildman–Crippen MR) is 64.4 cm³/mol. The van der Waals surface area contributed by atoms with E-state index >= 15 is 0 Å². The van der Waals surface area contributed by atoms with Crippen LogP contribution in [0.2, 0.25) is 0 Å². The molecule has 2 nitrogen and oxygen atoms in total. The van der Waals surface area contributed by atoms with Crippen molar-refractivity contribution in [2.24, 2.45) is 17.1 Å². The third-order valence-electron chi connectivity index (χ3n) is 3.29. The molecule has 0 aliphatic heterocycles. The van der Waals surface area contributed by atoms with E-state index in [4.69, 9.17) is 5.73 Å². The number of pyridine rings is 1. The van der Waals surface area contributed by atoms with Gasteiger partial charge in [0.25, 0.3) is 0 Å². The second-order valence-corrected chi connectivity index (χ2v) is 5.51. The lowest BCUT2D eigenvalue weighted by atomic mass is 9.78. The van der Waals surface area contributed by atoms with Gasteiger partial charge in [0.2, 0.25) is 0 Å². The maximum atomic E-state index is 13.4. The molecule has 3 heteroatoms. The van der Waals surface area contributed by atoms with Crippen LogP contribution in [0.25, 0.3) is 0 Å². The average molecular weight is 224 g/mol. The summed E-state index contributed by atoms with van der Waals surface area (Å²) < 4.78 is 13.4. The van der Waals surface area contributed by atoms with Crippen LogP contribution in [0.4, 0.5) is 4.39 Å². The molecule has 16 heavy (non-hydrogen) atoms. The molecule has 1 heterocycles. The SMILES string of the molecule is CC(CC(N)c1ccncc1F)C(C)(C)C. The summed E-state index contributed by atoms with van der Waals surface area (Å²) in [4.78, 5) is 3.72. The Morgan fingerprint density at radius 1 is 1.44 bits per heavy atom. The Morgan fingerprint density at radius 2 is 2.06 bits per heavy atom. The number of hydrogen-bond acceptors (Lipinski definition) is 2. The molecule has 1 aromatic rings. The Balaban J connectivity index is 2.73. The van der Waals surface area contributed by atoms with Crippen LogP contribution in [0.3, 0.4) is 0 Å². The van der Waals surface area contributed by atoms with Gasteiger partial charge in [-0.25, -0.2) is 4.39 Å². The van der Waals surface area contributed by atoms with Gasteiger partial charge in [-0.15, -0.1) is 0 Å². The van der Waals surface area contributed by atoms with E-state index in [1.54, 1.807) is 12.3 Å². The molecule has 1 rings (SSSR count). The average Bonchev–Trinajstić information content (AvgIpc) is 2.16. The molecule has 90 valence electrons. The Morgan fingerprint density at radius 3 is 2.56 bits per heavy atom. The quantitative estimate of drug-likeness (QED) is 0.855. The minimum Gasteiger partial charge on any atom is -0.324 e. The normalized spacial score (nSPS) is 15.9. The molecule has 0 radical (unpaired) electrons. The number of rotatable bonds is 3. The van der Waals surface area contributed by atoms with Crippen LogP contribution in [0.15, 0.2) is 18.5 Å². The van der Waals surface area contributed by atoms with Crippen LogP contribution in [-0.2, 0) is 0 Å². The highest BCUT2D eigenvalue weighted by molar-refractivity contribution is 5.16. The van der Waals surface area contributed by atoms with E-state index in [-0.39, 0.29) is 17.3 Å². The molecule has 2 N–H and O–H groups in total. The minimum absolute atomic E-state index is 0.196. The molecule has 0 amide bonds. The van der Waals surface area contributed by atoms with Gasteiger partial charge in [-0.05, 0) is 23.8 Å². The van der Waals surface area contributed by atoms with Gasteiger partial charge >= 0.3 is 0 Å². The summed E-state index contributed by atoms with van der Waals surface area (Å²) >= 11 is 0. The predicted octanol–water partition coefficient (Wildman–Crippen LogP) is 3.29. The smallest absolute Gasteiger partial charge is 0.146 e. The van der Waals surface area contributed by atoms with Crippen molar-refractivity contribution in [1.82, 2.24) is 4.98 Å². The largest absolute Gasteiger partial charge is 0.324 e. The van der Waals surface area contributed by atoms with Crippen LogP contribution in [-0.4, -0.2) is 4.98 Å². The Labute approximate surface area is 97.1 Å². The van der Waals surface area contributed by atoms with Crippen molar-refractivity contribution in [1.29, 1.82) is 0 Å². The maximum absolute atomic E-state index is 13.4. The maximum Gasteiger partial charge on any atom is 0.146 e. The van der Waals surface area contributed by atoms with E-state index in [0.717, 1.165) is 6.42 Å². The second kappa shape index (κ2) is 4.91. The van der Waals surface area contributed by atoms with E-state index in [9.17, 15) is 4.39 Å². The fraction of sp³-hybridized carbons (Fsp3) is 0.615. The van der Waals surface area contributed by atoms with Gasteiger partial charge < -0.3 is 5.73 Å². The Hall–Kier alpha value is -0.960. The molecule has 2 atom stereocenters. The standard InChI is InChI=1S/C13H21FN2/c1-9(13(2,3)4)7-12(15)10-5-6-16-8-11(10)14/h5-6,8-9,12H,7,15H2,1-4H3. The van der Waals surface area contributed by atoms with Crippen LogP contribution in [0.1, 0.15) is 45.7 Å². The molecule has 0 fully saturated rings. The first-order valence-electron chi connectivity index (χ1n) is 5.67. The number of nitrogens with zero attached hydrogens (tertiary/aromatic N) is 1. The number of hydrogen-bond donors (Lipinski definition) is 1. The zero-order valence-electron chi connectivity index (χ0n) is 10.5. The molecule has 0 bridgehead atoms. The van der Waals surface area contributed by atoms with E-state index < -0.39 is 0 Å². The minimum atomic E-state index is -0.309. The fourth-order valence-corrected chi connectivity index (χ4v) is 1.55. The molecular weight excluding hydrogens is 203 g/mol. The number of halogens is 1. The lowest BCUT2D eigenvalue weighted by molar-refractivity contribution is 0.232. The lowest BCUT2D eigenvalue weighted by Gasteiger charge is -2.29. The summed E-state index contributed by atoms with van der Waals surface area (Å²) in [6.45, 7) is 8.67. The van der Waals surface area contributed by atoms with Crippen LogP contribution in [0, 0.1) is 17.2 Å². The molecular formula is C13H21FN2. The second-order valence-electron chi connectivity index (χ2n) is 5.51. The first-order chi connectivity index (χ1) is 7.32. The third kappa shape index (κ3) is 3.27. The van der Waals surface area contributed by atoms with Gasteiger partial charge in [0, 0.05) is 17.8 Å². The summed E-state index contributed by atoms with van der Waals surface area (Å²) in [5.74, 6) is 0.131. The summed E-state index contributed by atoms with van der Waals surface area (Å²) in [5, 5.41) is 0. The van der Waals surface area contributed by atoms with E-state index in [1.807, 2.05) is 0 Å². The van der Waals surface area contributed by atoms with Gasteiger partial charge in [0.05, 0.1) is 6.20 Å². The zero-order valence-corrected chi connectivity index (χ0v) is 10.5. The van der Waals surface area contributed by atoms with Crippen molar-refractivity contribution in [3.05, 3.63) is 29.8 Å². The summed E-state index contributed by atoms with van der Waals surface area (Å²) in [5.41, 5.74) is 6.78. The van der Waals surface area contributed by atoms with Crippen molar-refractivity contribution in [3.8, 4) is 0 Å². The highest BCUT2D eigenvalue weighted by Gasteiger charge is 2.23. The monoisotopic (exact) mass is 224 g/mol. The van der Waals surface area contributed by atoms with Gasteiger partial charge in [0.1, 0.15) is 5.82 Å². The molecule has 0 spiro atoms. The summed E-state index contributed by atoms with van der Waals surface area (Å²) in [6.07, 6.45) is 3.58. The van der Waals surface area contributed by atoms with Crippen molar-refractivity contribution >= 4 is 0 Å². The lowest BCUT2D eigenvalue weighted by Crippen LogP contribution is -2.23. The molecule has 0 saturated carbocycles. The Bertz CT molecular complexity index is 344. The van der Waals surface area contributed by atoms with Crippen molar-refractivity contribution < 1.29 is 4.39 Å². The summed E-state index contributed by atoms with van der Waals surface area (Å²) in [6, 6.07) is 1.41. The zero-order chi connectivity index (χ0) is 12.3. The topological polar surface area (TPSA) is 38.9 Å². The highest BCUT2D eigenvalue weighted by atomic mass is 19.1. The number of nitrogens with two attached hydrogens (primary N) is 1. The Kier molecular flexibility index (Phi) is 4.03. The van der Waals surface area contributed by atoms with Crippen molar-refractivity contribution in [2.45, 2.75) is 40.2 Å².